The van der Waals surface area contributed by atoms with Crippen LogP contribution in [0.2, 0.25) is 0 Å². The van der Waals surface area contributed by atoms with E-state index in [4.69, 9.17) is 10.5 Å². The third-order valence-electron chi connectivity index (χ3n) is 6.38. The monoisotopic (exact) mass is 460 g/mol. The zero-order valence-corrected chi connectivity index (χ0v) is 18.1. The zero-order chi connectivity index (χ0) is 23.5. The van der Waals surface area contributed by atoms with Crippen molar-refractivity contribution in [2.75, 3.05) is 18.2 Å². The van der Waals surface area contributed by atoms with Gasteiger partial charge < -0.3 is 20.7 Å². The van der Waals surface area contributed by atoms with Gasteiger partial charge in [0.15, 0.2) is 0 Å². The molecule has 33 heavy (non-hydrogen) atoms. The Morgan fingerprint density at radius 1 is 1.27 bits per heavy atom. The fraction of sp³-hybridized carbons (Fsp3) is 0.409. The molecule has 1 atom stereocenters. The summed E-state index contributed by atoms with van der Waals surface area (Å²) in [5.41, 5.74) is 6.24. The van der Waals surface area contributed by atoms with Crippen LogP contribution in [0, 0.1) is 0 Å². The van der Waals surface area contributed by atoms with Crippen LogP contribution >= 0.6 is 0 Å². The van der Waals surface area contributed by atoms with E-state index in [1.807, 2.05) is 4.40 Å². The van der Waals surface area contributed by atoms with Crippen molar-refractivity contribution in [2.45, 2.75) is 50.7 Å². The maximum absolute atomic E-state index is 13.3. The highest BCUT2D eigenvalue weighted by Crippen LogP contribution is 2.43. The number of nitrogens with two attached hydrogens (primary N) is 1. The molecule has 8 nitrogen and oxygen atoms in total. The van der Waals surface area contributed by atoms with Crippen molar-refractivity contribution < 1.29 is 22.7 Å². The Morgan fingerprint density at radius 2 is 2.03 bits per heavy atom. The van der Waals surface area contributed by atoms with E-state index in [1.54, 1.807) is 31.3 Å². The van der Waals surface area contributed by atoms with E-state index in [-0.39, 0.29) is 11.6 Å². The number of methoxy groups -OCH3 is 1. The number of benzene rings is 1. The van der Waals surface area contributed by atoms with E-state index in [0.29, 0.717) is 43.1 Å². The molecule has 174 valence electrons. The maximum Gasteiger partial charge on any atom is 0.416 e. The topological polar surface area (TPSA) is 97.8 Å². The van der Waals surface area contributed by atoms with Crippen LogP contribution in [0.4, 0.5) is 24.7 Å². The first-order valence-electron chi connectivity index (χ1n) is 10.5. The second-order valence-electron chi connectivity index (χ2n) is 8.59. The molecule has 2 aliphatic rings. The summed E-state index contributed by atoms with van der Waals surface area (Å²) in [5.74, 6) is 0.845. The van der Waals surface area contributed by atoms with Gasteiger partial charge in [-0.15, -0.1) is 0 Å². The van der Waals surface area contributed by atoms with Crippen LogP contribution in [0.25, 0.3) is 5.78 Å². The van der Waals surface area contributed by atoms with Crippen molar-refractivity contribution in [3.8, 4) is 0 Å². The first-order chi connectivity index (χ1) is 15.6. The number of fused-ring (bicyclic) bond motifs is 3. The van der Waals surface area contributed by atoms with E-state index in [9.17, 15) is 18.0 Å². The average molecular weight is 460 g/mol. The molecule has 0 bridgehead atoms. The van der Waals surface area contributed by atoms with Crippen LogP contribution in [-0.4, -0.2) is 37.9 Å². The number of rotatable bonds is 5. The lowest BCUT2D eigenvalue weighted by Gasteiger charge is -2.21. The van der Waals surface area contributed by atoms with Crippen LogP contribution in [0.1, 0.15) is 48.2 Å². The van der Waals surface area contributed by atoms with Crippen LogP contribution in [-0.2, 0) is 28.8 Å². The Hall–Kier alpha value is -3.34. The molecule has 1 saturated carbocycles. The predicted molar refractivity (Wildman–Crippen MR) is 114 cm³/mol. The summed E-state index contributed by atoms with van der Waals surface area (Å²) >= 11 is 0. The number of hydrogen-bond acceptors (Lipinski definition) is 6. The van der Waals surface area contributed by atoms with Gasteiger partial charge in [0.05, 0.1) is 30.4 Å². The number of amides is 1. The van der Waals surface area contributed by atoms with Crippen molar-refractivity contribution in [1.82, 2.24) is 19.3 Å². The van der Waals surface area contributed by atoms with Gasteiger partial charge in [-0.25, -0.2) is 4.98 Å². The van der Waals surface area contributed by atoms with Crippen LogP contribution in [0.3, 0.4) is 0 Å². The molecular formula is C22H23F3N6O2. The van der Waals surface area contributed by atoms with Crippen LogP contribution in [0.5, 0.6) is 0 Å². The Labute approximate surface area is 187 Å². The lowest BCUT2D eigenvalue weighted by atomic mass is 10.0. The molecule has 1 aliphatic carbocycles. The predicted octanol–water partition coefficient (Wildman–Crippen LogP) is 3.52. The van der Waals surface area contributed by atoms with Gasteiger partial charge in [0.2, 0.25) is 5.78 Å². The minimum atomic E-state index is -4.50. The highest BCUT2D eigenvalue weighted by molar-refractivity contribution is 5.88. The Morgan fingerprint density at radius 3 is 2.70 bits per heavy atom. The summed E-state index contributed by atoms with van der Waals surface area (Å²) in [5, 5.41) is 3.22. The number of nitrogens with one attached hydrogen (secondary N) is 1. The molecular weight excluding hydrogens is 437 g/mol. The molecule has 3 heterocycles. The van der Waals surface area contributed by atoms with Crippen molar-refractivity contribution in [1.29, 1.82) is 0 Å². The van der Waals surface area contributed by atoms with Gasteiger partial charge in [0, 0.05) is 30.8 Å². The maximum atomic E-state index is 13.3. The molecule has 0 radical (unpaired) electrons. The van der Waals surface area contributed by atoms with Crippen molar-refractivity contribution in [3.05, 3.63) is 53.0 Å². The van der Waals surface area contributed by atoms with Gasteiger partial charge in [-0.2, -0.15) is 18.2 Å². The summed E-state index contributed by atoms with van der Waals surface area (Å²) in [4.78, 5) is 23.6. The van der Waals surface area contributed by atoms with Gasteiger partial charge in [-0.1, -0.05) is 0 Å². The fourth-order valence-corrected chi connectivity index (χ4v) is 4.35. The average Bonchev–Trinajstić information content (AvgIpc) is 3.20. The van der Waals surface area contributed by atoms with Gasteiger partial charge >= 0.3 is 6.18 Å². The summed E-state index contributed by atoms with van der Waals surface area (Å²) in [6, 6.07) is 2.97. The first kappa shape index (κ1) is 21.5. The number of alkyl halides is 3. The number of imidazole rings is 1. The fourth-order valence-electron chi connectivity index (χ4n) is 4.35. The quantitative estimate of drug-likeness (QED) is 0.566. The number of carbonyl (C=O) groups is 1. The SMILES string of the molecule is COC1(C(=O)N2Cc3c(NC(C)c4cc(N)cc(C(F)(F)F)c4)nc4nccn4c3C2)CC1. The Balaban J connectivity index is 1.48. The van der Waals surface area contributed by atoms with E-state index < -0.39 is 23.4 Å². The minimum Gasteiger partial charge on any atom is -0.399 e. The summed E-state index contributed by atoms with van der Waals surface area (Å²) in [6.07, 6.45) is 0.267. The Bertz CT molecular complexity index is 1250. The molecule has 1 amide bonds. The lowest BCUT2D eigenvalue weighted by Crippen LogP contribution is -2.38. The van der Waals surface area contributed by atoms with E-state index >= 15 is 0 Å². The molecule has 1 aliphatic heterocycles. The highest BCUT2D eigenvalue weighted by Gasteiger charge is 2.53. The highest BCUT2D eigenvalue weighted by atomic mass is 19.4. The number of anilines is 2. The standard InChI is InChI=1S/C22H23F3N6O2/c1-12(13-7-14(22(23,24)25)9-15(26)8-13)28-18-16-10-30(19(32)21(33-2)3-4-21)11-17(16)31-6-5-27-20(31)29-18/h5-9,12H,3-4,10-11,26H2,1-2H3,(H,27,28,29). The number of halogens is 3. The molecule has 1 fully saturated rings. The van der Waals surface area contributed by atoms with E-state index in [1.165, 1.54) is 6.07 Å². The van der Waals surface area contributed by atoms with Gasteiger partial charge in [-0.3, -0.25) is 9.20 Å². The number of ether oxygens (including phenoxy) is 1. The number of nitrogens with zero attached hydrogens (tertiary/aromatic N) is 4. The molecule has 2 aromatic heterocycles. The van der Waals surface area contributed by atoms with Gasteiger partial charge in [-0.05, 0) is 43.5 Å². The summed E-state index contributed by atoms with van der Waals surface area (Å²) in [7, 11) is 1.54. The van der Waals surface area contributed by atoms with E-state index in [0.717, 1.165) is 23.4 Å². The second kappa shape index (κ2) is 7.34. The second-order valence-corrected chi connectivity index (χ2v) is 8.59. The number of aromatic nitrogens is 3. The van der Waals surface area contributed by atoms with Crippen molar-refractivity contribution in [3.63, 3.8) is 0 Å². The third kappa shape index (κ3) is 3.65. The zero-order valence-electron chi connectivity index (χ0n) is 18.1. The Kier molecular flexibility index (Phi) is 4.78. The molecule has 11 heteroatoms. The lowest BCUT2D eigenvalue weighted by molar-refractivity contribution is -0.145. The normalized spacial score (nSPS) is 17.8. The molecule has 1 aromatic carbocycles. The van der Waals surface area contributed by atoms with Crippen molar-refractivity contribution in [2.24, 2.45) is 0 Å². The molecule has 0 spiro atoms. The largest absolute Gasteiger partial charge is 0.416 e. The third-order valence-corrected chi connectivity index (χ3v) is 6.38. The molecule has 5 rings (SSSR count). The van der Waals surface area contributed by atoms with Crippen molar-refractivity contribution >= 4 is 23.2 Å². The first-order valence-corrected chi connectivity index (χ1v) is 10.5. The summed E-state index contributed by atoms with van der Waals surface area (Å²) in [6.45, 7) is 2.43. The van der Waals surface area contributed by atoms with Crippen LogP contribution < -0.4 is 11.1 Å². The molecule has 1 unspecified atom stereocenters. The van der Waals surface area contributed by atoms with Gasteiger partial charge in [0.25, 0.3) is 5.91 Å². The summed E-state index contributed by atoms with van der Waals surface area (Å²) < 4.78 is 47.1. The number of carbonyl (C=O) groups excluding carboxylic acids is 1. The smallest absolute Gasteiger partial charge is 0.399 e. The minimum absolute atomic E-state index is 0.0291. The van der Waals surface area contributed by atoms with Crippen LogP contribution in [0.15, 0.2) is 30.6 Å². The molecule has 3 N–H and O–H groups in total. The number of hydrogen-bond donors (Lipinski definition) is 2. The molecule has 3 aromatic rings. The number of nitrogen functional groups attached to an aromatic ring is 1. The van der Waals surface area contributed by atoms with E-state index in [2.05, 4.69) is 15.3 Å². The van der Waals surface area contributed by atoms with Gasteiger partial charge in [0.1, 0.15) is 11.4 Å². The molecule has 0 saturated heterocycles.